The summed E-state index contributed by atoms with van der Waals surface area (Å²) in [4.78, 5) is 17.9. The average molecular weight is 246 g/mol. The Hall–Kier alpha value is -1.39. The highest BCUT2D eigenvalue weighted by molar-refractivity contribution is 7.09. The van der Waals surface area contributed by atoms with E-state index in [1.165, 1.54) is 21.8 Å². The van der Waals surface area contributed by atoms with Gasteiger partial charge in [-0.15, -0.1) is 0 Å². The van der Waals surface area contributed by atoms with E-state index >= 15 is 0 Å². The third kappa shape index (κ3) is 2.33. The number of benzene rings is 1. The van der Waals surface area contributed by atoms with E-state index in [0.29, 0.717) is 0 Å². The van der Waals surface area contributed by atoms with Crippen molar-refractivity contribution in [3.05, 3.63) is 56.1 Å². The summed E-state index contributed by atoms with van der Waals surface area (Å²) < 4.78 is 0. The van der Waals surface area contributed by atoms with Crippen LogP contribution in [-0.2, 0) is 19.5 Å². The normalized spacial score (nSPS) is 15.8. The molecule has 0 saturated heterocycles. The van der Waals surface area contributed by atoms with E-state index < -0.39 is 0 Å². The van der Waals surface area contributed by atoms with Gasteiger partial charge in [0.25, 0.3) is 0 Å². The molecule has 4 heteroatoms. The first kappa shape index (κ1) is 10.7. The largest absolute Gasteiger partial charge is 0.316 e. The molecule has 3 rings (SSSR count). The maximum atomic E-state index is 11.3. The van der Waals surface area contributed by atoms with Crippen LogP contribution in [0.2, 0.25) is 0 Å². The molecule has 1 aromatic heterocycles. The van der Waals surface area contributed by atoms with Gasteiger partial charge in [-0.1, -0.05) is 41.7 Å². The molecule has 0 saturated carbocycles. The molecule has 17 heavy (non-hydrogen) atoms. The zero-order valence-electron chi connectivity index (χ0n) is 9.48. The van der Waals surface area contributed by atoms with E-state index in [1.54, 1.807) is 0 Å². The highest BCUT2D eigenvalue weighted by Gasteiger charge is 2.18. The van der Waals surface area contributed by atoms with Crippen LogP contribution in [0.3, 0.4) is 0 Å². The Morgan fingerprint density at radius 3 is 2.94 bits per heavy atom. The molecule has 88 valence electrons. The molecule has 0 unspecified atom stereocenters. The Morgan fingerprint density at radius 2 is 2.12 bits per heavy atom. The molecule has 0 radical (unpaired) electrons. The lowest BCUT2D eigenvalue weighted by Gasteiger charge is -2.26. The number of H-pyrrole nitrogens is 1. The number of thiazole rings is 1. The number of rotatable bonds is 2. The number of nitrogens with one attached hydrogen (secondary N) is 1. The van der Waals surface area contributed by atoms with E-state index in [4.69, 9.17) is 0 Å². The summed E-state index contributed by atoms with van der Waals surface area (Å²) in [5.74, 6) is 0. The van der Waals surface area contributed by atoms with E-state index in [9.17, 15) is 4.79 Å². The molecule has 3 nitrogen and oxygen atoms in total. The van der Waals surface area contributed by atoms with E-state index in [0.717, 1.165) is 31.7 Å². The van der Waals surface area contributed by atoms with E-state index in [-0.39, 0.29) is 4.87 Å². The molecule has 1 aromatic carbocycles. The molecule has 0 amide bonds. The Bertz CT molecular complexity index is 558. The van der Waals surface area contributed by atoms with Crippen molar-refractivity contribution < 1.29 is 0 Å². The van der Waals surface area contributed by atoms with Crippen LogP contribution in [0.25, 0.3) is 0 Å². The lowest BCUT2D eigenvalue weighted by atomic mass is 10.1. The summed E-state index contributed by atoms with van der Waals surface area (Å²) in [6.45, 7) is 2.88. The minimum Gasteiger partial charge on any atom is -0.316 e. The molecule has 0 fully saturated rings. The first-order valence-corrected chi connectivity index (χ1v) is 6.60. The topological polar surface area (TPSA) is 36.1 Å². The maximum Gasteiger partial charge on any atom is 0.304 e. The van der Waals surface area contributed by atoms with Crippen molar-refractivity contribution in [2.45, 2.75) is 19.5 Å². The smallest absolute Gasteiger partial charge is 0.304 e. The van der Waals surface area contributed by atoms with Crippen LogP contribution in [0.15, 0.2) is 35.1 Å². The number of hydrogen-bond acceptors (Lipinski definition) is 3. The van der Waals surface area contributed by atoms with Crippen LogP contribution >= 0.6 is 11.3 Å². The highest BCUT2D eigenvalue weighted by atomic mass is 32.1. The standard InChI is InChI=1S/C13H14N2OS/c16-13-14-11-6-7-15(9-12(11)17-13)8-10-4-2-1-3-5-10/h1-5H,6-9H2,(H,14,16). The Balaban J connectivity index is 1.74. The predicted molar refractivity (Wildman–Crippen MR) is 69.2 cm³/mol. The van der Waals surface area contributed by atoms with Gasteiger partial charge in [0.15, 0.2) is 0 Å². The van der Waals surface area contributed by atoms with Gasteiger partial charge in [-0.3, -0.25) is 9.69 Å². The predicted octanol–water partition coefficient (Wildman–Crippen LogP) is 1.99. The fourth-order valence-electron chi connectivity index (χ4n) is 2.25. The zero-order chi connectivity index (χ0) is 11.7. The van der Waals surface area contributed by atoms with Crippen molar-refractivity contribution in [3.63, 3.8) is 0 Å². The Morgan fingerprint density at radius 1 is 1.29 bits per heavy atom. The summed E-state index contributed by atoms with van der Waals surface area (Å²) >= 11 is 1.35. The van der Waals surface area contributed by atoms with Gasteiger partial charge in [0.1, 0.15) is 0 Å². The SMILES string of the molecule is O=c1[nH]c2c(s1)CN(Cc1ccccc1)CC2. The van der Waals surface area contributed by atoms with Crippen molar-refractivity contribution in [1.82, 2.24) is 9.88 Å². The van der Waals surface area contributed by atoms with Gasteiger partial charge >= 0.3 is 4.87 Å². The van der Waals surface area contributed by atoms with E-state index in [1.807, 2.05) is 6.07 Å². The monoisotopic (exact) mass is 246 g/mol. The number of aromatic nitrogens is 1. The van der Waals surface area contributed by atoms with Crippen LogP contribution in [-0.4, -0.2) is 16.4 Å². The second-order valence-electron chi connectivity index (χ2n) is 4.36. The fourth-order valence-corrected chi connectivity index (χ4v) is 3.17. The molecule has 1 aliphatic rings. The summed E-state index contributed by atoms with van der Waals surface area (Å²) in [7, 11) is 0. The number of fused-ring (bicyclic) bond motifs is 1. The zero-order valence-corrected chi connectivity index (χ0v) is 10.3. The van der Waals surface area contributed by atoms with E-state index in [2.05, 4.69) is 34.1 Å². The van der Waals surface area contributed by atoms with Crippen LogP contribution in [0.1, 0.15) is 16.1 Å². The van der Waals surface area contributed by atoms with Crippen LogP contribution in [0.5, 0.6) is 0 Å². The van der Waals surface area contributed by atoms with Crippen molar-refractivity contribution >= 4 is 11.3 Å². The molecule has 0 aliphatic carbocycles. The first-order chi connectivity index (χ1) is 8.31. The fraction of sp³-hybridized carbons (Fsp3) is 0.308. The Labute approximate surface area is 104 Å². The van der Waals surface area contributed by atoms with Gasteiger partial charge in [0, 0.05) is 36.6 Å². The summed E-state index contributed by atoms with van der Waals surface area (Å²) in [6, 6.07) is 10.5. The number of aromatic amines is 1. The second kappa shape index (κ2) is 4.47. The first-order valence-electron chi connectivity index (χ1n) is 5.78. The van der Waals surface area contributed by atoms with Crippen LogP contribution in [0, 0.1) is 0 Å². The Kier molecular flexibility index (Phi) is 2.82. The highest BCUT2D eigenvalue weighted by Crippen LogP contribution is 2.20. The van der Waals surface area contributed by atoms with Crippen molar-refractivity contribution in [3.8, 4) is 0 Å². The minimum atomic E-state index is 0.0801. The summed E-state index contributed by atoms with van der Waals surface area (Å²) in [5, 5.41) is 0. The lowest BCUT2D eigenvalue weighted by Crippen LogP contribution is -2.29. The van der Waals surface area contributed by atoms with Gasteiger partial charge in [-0.05, 0) is 5.56 Å². The molecule has 1 aliphatic heterocycles. The third-order valence-electron chi connectivity index (χ3n) is 3.10. The molecular formula is C13H14N2OS. The van der Waals surface area contributed by atoms with Gasteiger partial charge in [-0.2, -0.15) is 0 Å². The van der Waals surface area contributed by atoms with Crippen molar-refractivity contribution in [1.29, 1.82) is 0 Å². The summed E-state index contributed by atoms with van der Waals surface area (Å²) in [5.41, 5.74) is 2.48. The average Bonchev–Trinajstić information content (AvgIpc) is 2.70. The van der Waals surface area contributed by atoms with Crippen LogP contribution < -0.4 is 4.87 Å². The molecular weight excluding hydrogens is 232 g/mol. The van der Waals surface area contributed by atoms with Crippen molar-refractivity contribution in [2.24, 2.45) is 0 Å². The maximum absolute atomic E-state index is 11.3. The quantitative estimate of drug-likeness (QED) is 0.879. The van der Waals surface area contributed by atoms with Gasteiger partial charge in [0.2, 0.25) is 0 Å². The molecule has 0 spiro atoms. The molecule has 0 atom stereocenters. The summed E-state index contributed by atoms with van der Waals surface area (Å²) in [6.07, 6.45) is 0.959. The lowest BCUT2D eigenvalue weighted by molar-refractivity contribution is 0.247. The van der Waals surface area contributed by atoms with Gasteiger partial charge < -0.3 is 4.98 Å². The van der Waals surface area contributed by atoms with Crippen molar-refractivity contribution in [2.75, 3.05) is 6.54 Å². The number of nitrogens with zero attached hydrogens (tertiary/aromatic N) is 1. The molecule has 0 bridgehead atoms. The second-order valence-corrected chi connectivity index (χ2v) is 5.43. The minimum absolute atomic E-state index is 0.0801. The third-order valence-corrected chi connectivity index (χ3v) is 4.01. The number of hydrogen-bond donors (Lipinski definition) is 1. The van der Waals surface area contributed by atoms with Crippen LogP contribution in [0.4, 0.5) is 0 Å². The molecule has 2 aromatic rings. The van der Waals surface area contributed by atoms with Gasteiger partial charge in [0.05, 0.1) is 0 Å². The molecule has 2 heterocycles. The van der Waals surface area contributed by atoms with Gasteiger partial charge in [-0.25, -0.2) is 0 Å². The molecule has 1 N–H and O–H groups in total.